The van der Waals surface area contributed by atoms with Gasteiger partial charge in [-0.3, -0.25) is 19.3 Å². The monoisotopic (exact) mass is 288 g/mol. The van der Waals surface area contributed by atoms with Gasteiger partial charge < -0.3 is 15.1 Å². The molecule has 0 spiro atoms. The van der Waals surface area contributed by atoms with E-state index in [4.69, 9.17) is 10.2 Å². The fraction of sp³-hybridized carbons (Fsp3) is 0.769. The summed E-state index contributed by atoms with van der Waals surface area (Å²) in [7, 11) is 0. The summed E-state index contributed by atoms with van der Waals surface area (Å²) < 4.78 is 0. The van der Waals surface area contributed by atoms with E-state index in [9.17, 15) is 14.4 Å². The summed E-state index contributed by atoms with van der Waals surface area (Å²) in [5.41, 5.74) is 0. The molecule has 2 N–H and O–H groups in total. The van der Waals surface area contributed by atoms with Crippen molar-refractivity contribution in [1.29, 1.82) is 0 Å². The Morgan fingerprint density at radius 1 is 1.10 bits per heavy atom. The van der Waals surface area contributed by atoms with Crippen LogP contribution in [0.15, 0.2) is 0 Å². The lowest BCUT2D eigenvalue weighted by atomic mass is 10.1. The molecule has 0 aromatic rings. The van der Waals surface area contributed by atoms with Crippen LogP contribution in [0.3, 0.4) is 0 Å². The van der Waals surface area contributed by atoms with Crippen molar-refractivity contribution in [2.75, 3.05) is 32.7 Å². The molecular weight excluding hydrogens is 264 g/mol. The van der Waals surface area contributed by atoms with Crippen molar-refractivity contribution in [3.05, 3.63) is 0 Å². The molecule has 0 aromatic carbocycles. The zero-order chi connectivity index (χ0) is 15.7. The van der Waals surface area contributed by atoms with E-state index < -0.39 is 17.9 Å². The highest BCUT2D eigenvalue weighted by Gasteiger charge is 2.20. The molecule has 1 atom stereocenters. The Kier molecular flexibility index (Phi) is 8.54. The van der Waals surface area contributed by atoms with Crippen LogP contribution in [0.25, 0.3) is 0 Å². The highest BCUT2D eigenvalue weighted by molar-refractivity contribution is 5.78. The molecule has 0 rings (SSSR count). The average molecular weight is 288 g/mol. The molecule has 7 nitrogen and oxygen atoms in total. The second-order valence-corrected chi connectivity index (χ2v) is 4.68. The van der Waals surface area contributed by atoms with Gasteiger partial charge in [0.25, 0.3) is 0 Å². The molecule has 0 fully saturated rings. The van der Waals surface area contributed by atoms with E-state index in [2.05, 4.69) is 0 Å². The van der Waals surface area contributed by atoms with Crippen LogP contribution in [0.1, 0.15) is 27.2 Å². The second kappa shape index (κ2) is 9.30. The van der Waals surface area contributed by atoms with Gasteiger partial charge in [-0.1, -0.05) is 6.92 Å². The lowest BCUT2D eigenvalue weighted by Gasteiger charge is -2.26. The van der Waals surface area contributed by atoms with Crippen LogP contribution in [-0.4, -0.2) is 70.6 Å². The van der Waals surface area contributed by atoms with Crippen molar-refractivity contribution in [1.82, 2.24) is 9.80 Å². The Hall–Kier alpha value is -1.63. The first-order chi connectivity index (χ1) is 9.31. The summed E-state index contributed by atoms with van der Waals surface area (Å²) >= 11 is 0. The zero-order valence-corrected chi connectivity index (χ0v) is 12.3. The van der Waals surface area contributed by atoms with Crippen LogP contribution >= 0.6 is 0 Å². The molecule has 1 unspecified atom stereocenters. The number of carbonyl (C=O) groups excluding carboxylic acids is 1. The molecule has 0 aromatic heterocycles. The van der Waals surface area contributed by atoms with E-state index in [0.717, 1.165) is 0 Å². The number of likely N-dealkylation sites (N-methyl/N-ethyl adjacent to an activating group) is 1. The van der Waals surface area contributed by atoms with E-state index in [1.807, 2.05) is 13.8 Å². The van der Waals surface area contributed by atoms with E-state index in [1.165, 1.54) is 6.92 Å². The SMILES string of the molecule is CCN(CC)C(=O)CN(CCC(=O)O)CC(C)C(=O)O. The highest BCUT2D eigenvalue weighted by atomic mass is 16.4. The van der Waals surface area contributed by atoms with Gasteiger partial charge in [-0.2, -0.15) is 0 Å². The minimum atomic E-state index is -0.965. The maximum atomic E-state index is 12.0. The molecular formula is C13H24N2O5. The average Bonchev–Trinajstić information content (AvgIpc) is 2.37. The first-order valence-corrected chi connectivity index (χ1v) is 6.76. The zero-order valence-electron chi connectivity index (χ0n) is 12.3. The summed E-state index contributed by atoms with van der Waals surface area (Å²) in [5, 5.41) is 17.6. The summed E-state index contributed by atoms with van der Waals surface area (Å²) in [6, 6.07) is 0. The van der Waals surface area contributed by atoms with Crippen LogP contribution in [0.2, 0.25) is 0 Å². The van der Waals surface area contributed by atoms with Crippen LogP contribution in [0.4, 0.5) is 0 Å². The van der Waals surface area contributed by atoms with E-state index in [-0.39, 0.29) is 32.0 Å². The molecule has 0 aliphatic heterocycles. The van der Waals surface area contributed by atoms with Gasteiger partial charge >= 0.3 is 11.9 Å². The normalized spacial score (nSPS) is 12.2. The Labute approximate surface area is 119 Å². The molecule has 116 valence electrons. The molecule has 0 saturated carbocycles. The van der Waals surface area contributed by atoms with Crippen LogP contribution in [-0.2, 0) is 14.4 Å². The number of carboxylic acids is 2. The first kappa shape index (κ1) is 18.4. The van der Waals surface area contributed by atoms with Gasteiger partial charge in [0.2, 0.25) is 5.91 Å². The number of rotatable bonds is 10. The Morgan fingerprint density at radius 2 is 1.65 bits per heavy atom. The van der Waals surface area contributed by atoms with Gasteiger partial charge in [-0.05, 0) is 13.8 Å². The Morgan fingerprint density at radius 3 is 2.05 bits per heavy atom. The third-order valence-corrected chi connectivity index (χ3v) is 3.07. The molecule has 20 heavy (non-hydrogen) atoms. The van der Waals surface area contributed by atoms with Gasteiger partial charge in [0.1, 0.15) is 0 Å². The summed E-state index contributed by atoms with van der Waals surface area (Å²) in [6.45, 7) is 6.80. The quantitative estimate of drug-likeness (QED) is 0.602. The molecule has 1 amide bonds. The second-order valence-electron chi connectivity index (χ2n) is 4.68. The lowest BCUT2D eigenvalue weighted by Crippen LogP contribution is -2.43. The smallest absolute Gasteiger partial charge is 0.307 e. The highest BCUT2D eigenvalue weighted by Crippen LogP contribution is 2.03. The molecule has 0 heterocycles. The molecule has 7 heteroatoms. The van der Waals surface area contributed by atoms with Crippen molar-refractivity contribution >= 4 is 17.8 Å². The number of hydrogen-bond acceptors (Lipinski definition) is 4. The predicted molar refractivity (Wildman–Crippen MR) is 73.4 cm³/mol. The van der Waals surface area contributed by atoms with Crippen molar-refractivity contribution in [3.8, 4) is 0 Å². The fourth-order valence-electron chi connectivity index (χ4n) is 1.82. The van der Waals surface area contributed by atoms with E-state index in [1.54, 1.807) is 9.80 Å². The number of carboxylic acid groups (broad SMARTS) is 2. The Bertz CT molecular complexity index is 342. The van der Waals surface area contributed by atoms with Crippen LogP contribution in [0.5, 0.6) is 0 Å². The number of carbonyl (C=O) groups is 3. The summed E-state index contributed by atoms with van der Waals surface area (Å²) in [5.74, 6) is -2.68. The number of hydrogen-bond donors (Lipinski definition) is 2. The Balaban J connectivity index is 4.62. The third kappa shape index (κ3) is 7.08. The van der Waals surface area contributed by atoms with E-state index >= 15 is 0 Å². The van der Waals surface area contributed by atoms with E-state index in [0.29, 0.717) is 13.1 Å². The standard InChI is InChI=1S/C13H24N2O5/c1-4-15(5-2)11(16)9-14(7-6-12(17)18)8-10(3)13(19)20/h10H,4-9H2,1-3H3,(H,17,18)(H,19,20). The maximum absolute atomic E-state index is 12.0. The minimum Gasteiger partial charge on any atom is -0.481 e. The van der Waals surface area contributed by atoms with Crippen LogP contribution in [0, 0.1) is 5.92 Å². The number of amides is 1. The molecule has 0 saturated heterocycles. The minimum absolute atomic E-state index is 0.0482. The molecule has 0 radical (unpaired) electrons. The summed E-state index contributed by atoms with van der Waals surface area (Å²) in [6.07, 6.45) is -0.113. The predicted octanol–water partition coefficient (Wildman–Crippen LogP) is 0.352. The van der Waals surface area contributed by atoms with Crippen molar-refractivity contribution in [3.63, 3.8) is 0 Å². The largest absolute Gasteiger partial charge is 0.481 e. The topological polar surface area (TPSA) is 98.2 Å². The fourth-order valence-corrected chi connectivity index (χ4v) is 1.82. The van der Waals surface area contributed by atoms with Crippen molar-refractivity contribution in [2.24, 2.45) is 5.92 Å². The lowest BCUT2D eigenvalue weighted by molar-refractivity contribution is -0.143. The number of nitrogens with zero attached hydrogens (tertiary/aromatic N) is 2. The van der Waals surface area contributed by atoms with Crippen molar-refractivity contribution in [2.45, 2.75) is 27.2 Å². The van der Waals surface area contributed by atoms with Gasteiger partial charge in [0.05, 0.1) is 18.9 Å². The molecule has 0 aliphatic rings. The van der Waals surface area contributed by atoms with Gasteiger partial charge in [-0.25, -0.2) is 0 Å². The maximum Gasteiger partial charge on any atom is 0.307 e. The molecule has 0 aliphatic carbocycles. The summed E-state index contributed by atoms with van der Waals surface area (Å²) in [4.78, 5) is 36.7. The molecule has 0 bridgehead atoms. The van der Waals surface area contributed by atoms with Gasteiger partial charge in [0.15, 0.2) is 0 Å². The van der Waals surface area contributed by atoms with Gasteiger partial charge in [0, 0.05) is 26.2 Å². The first-order valence-electron chi connectivity index (χ1n) is 6.76. The third-order valence-electron chi connectivity index (χ3n) is 3.07. The van der Waals surface area contributed by atoms with Crippen molar-refractivity contribution < 1.29 is 24.6 Å². The van der Waals surface area contributed by atoms with Crippen LogP contribution < -0.4 is 0 Å². The number of aliphatic carboxylic acids is 2. The van der Waals surface area contributed by atoms with Gasteiger partial charge in [-0.15, -0.1) is 0 Å².